The molecule has 0 atom stereocenters. The molecule has 0 bridgehead atoms. The molecule has 0 N–H and O–H groups in total. The Morgan fingerprint density at radius 1 is 1.21 bits per heavy atom. The van der Waals surface area contributed by atoms with Crippen LogP contribution in [0.2, 0.25) is 0 Å². The van der Waals surface area contributed by atoms with Gasteiger partial charge in [0.05, 0.1) is 31.6 Å². The number of alkyl halides is 5. The number of methoxy groups -OCH3 is 1. The third kappa shape index (κ3) is 5.01. The summed E-state index contributed by atoms with van der Waals surface area (Å²) in [6, 6.07) is 9.98. The summed E-state index contributed by atoms with van der Waals surface area (Å²) in [4.78, 5) is 16.6. The van der Waals surface area contributed by atoms with Crippen molar-refractivity contribution in [2.75, 3.05) is 13.8 Å². The Balaban J connectivity index is 2.14. The van der Waals surface area contributed by atoms with Gasteiger partial charge in [-0.05, 0) is 36.8 Å². The predicted molar refractivity (Wildman–Crippen MR) is 111 cm³/mol. The number of hydrogen-bond acceptors (Lipinski definition) is 5. The molecule has 1 aromatic heterocycles. The van der Waals surface area contributed by atoms with Gasteiger partial charge in [0, 0.05) is 11.1 Å². The Labute approximate surface area is 190 Å². The molecule has 11 heteroatoms. The summed E-state index contributed by atoms with van der Waals surface area (Å²) >= 11 is 0. The van der Waals surface area contributed by atoms with Gasteiger partial charge in [0.25, 0.3) is 12.0 Å². The van der Waals surface area contributed by atoms with E-state index in [0.29, 0.717) is 11.3 Å². The Bertz CT molecular complexity index is 1280. The first-order chi connectivity index (χ1) is 16.1. The van der Waals surface area contributed by atoms with Crippen LogP contribution in [-0.2, 0) is 12.5 Å². The molecule has 1 heterocycles. The van der Waals surface area contributed by atoms with E-state index in [1.54, 1.807) is 30.3 Å². The lowest BCUT2D eigenvalue weighted by Gasteiger charge is -2.19. The predicted octanol–water partition coefficient (Wildman–Crippen LogP) is 5.27. The highest BCUT2D eigenvalue weighted by Gasteiger charge is 2.39. The SMILES string of the molecule is COc1ccc(Cn2cnc(C(F)(F)CF)c(Oc3cc(C(F)F)cc(C#N)c3C)c2=O)cc1. The molecule has 3 aromatic rings. The van der Waals surface area contributed by atoms with Gasteiger partial charge in [-0.2, -0.15) is 14.0 Å². The summed E-state index contributed by atoms with van der Waals surface area (Å²) in [7, 11) is 1.47. The highest BCUT2D eigenvalue weighted by Crippen LogP contribution is 2.36. The van der Waals surface area contributed by atoms with Gasteiger partial charge < -0.3 is 9.47 Å². The molecule has 34 heavy (non-hydrogen) atoms. The lowest BCUT2D eigenvalue weighted by Crippen LogP contribution is -2.29. The van der Waals surface area contributed by atoms with E-state index < -0.39 is 47.3 Å². The molecular weight excluding hydrogens is 461 g/mol. The second-order valence-corrected chi connectivity index (χ2v) is 7.25. The summed E-state index contributed by atoms with van der Waals surface area (Å²) in [6.07, 6.45) is -2.18. The third-order valence-corrected chi connectivity index (χ3v) is 4.99. The highest BCUT2D eigenvalue weighted by atomic mass is 19.3. The first-order valence-electron chi connectivity index (χ1n) is 9.78. The largest absolute Gasteiger partial charge is 0.497 e. The Kier molecular flexibility index (Phi) is 7.20. The van der Waals surface area contributed by atoms with Crippen molar-refractivity contribution in [3.8, 4) is 23.3 Å². The summed E-state index contributed by atoms with van der Waals surface area (Å²) in [5.74, 6) is -5.08. The van der Waals surface area contributed by atoms with Crippen molar-refractivity contribution < 1.29 is 31.4 Å². The minimum atomic E-state index is -4.18. The second-order valence-electron chi connectivity index (χ2n) is 7.25. The van der Waals surface area contributed by atoms with E-state index >= 15 is 0 Å². The van der Waals surface area contributed by atoms with Gasteiger partial charge in [-0.25, -0.2) is 18.2 Å². The maximum absolute atomic E-state index is 14.3. The molecule has 0 unspecified atom stereocenters. The first-order valence-corrected chi connectivity index (χ1v) is 9.78. The van der Waals surface area contributed by atoms with Gasteiger partial charge in [0.15, 0.2) is 12.4 Å². The molecule has 0 aliphatic carbocycles. The van der Waals surface area contributed by atoms with Crippen LogP contribution in [0, 0.1) is 18.3 Å². The Hall–Kier alpha value is -3.94. The Morgan fingerprint density at radius 3 is 2.44 bits per heavy atom. The maximum atomic E-state index is 14.3. The molecule has 0 aliphatic heterocycles. The number of nitriles is 1. The monoisotopic (exact) mass is 479 g/mol. The maximum Gasteiger partial charge on any atom is 0.321 e. The zero-order chi connectivity index (χ0) is 25.0. The fraction of sp³-hybridized carbons (Fsp3) is 0.261. The molecule has 0 aliphatic rings. The van der Waals surface area contributed by atoms with Crippen LogP contribution in [0.5, 0.6) is 17.2 Å². The quantitative estimate of drug-likeness (QED) is 0.412. The number of hydrogen-bond donors (Lipinski definition) is 0. The van der Waals surface area contributed by atoms with E-state index in [1.165, 1.54) is 14.0 Å². The zero-order valence-corrected chi connectivity index (χ0v) is 18.0. The van der Waals surface area contributed by atoms with Crippen molar-refractivity contribution in [1.29, 1.82) is 5.26 Å². The van der Waals surface area contributed by atoms with Crippen molar-refractivity contribution in [2.24, 2.45) is 0 Å². The smallest absolute Gasteiger partial charge is 0.321 e. The van der Waals surface area contributed by atoms with E-state index in [-0.39, 0.29) is 17.7 Å². The van der Waals surface area contributed by atoms with Gasteiger partial charge >= 0.3 is 5.92 Å². The van der Waals surface area contributed by atoms with Gasteiger partial charge in [0.2, 0.25) is 5.75 Å². The van der Waals surface area contributed by atoms with Crippen LogP contribution in [0.15, 0.2) is 47.5 Å². The van der Waals surface area contributed by atoms with Crippen LogP contribution in [0.25, 0.3) is 0 Å². The van der Waals surface area contributed by atoms with Gasteiger partial charge in [-0.3, -0.25) is 9.36 Å². The van der Waals surface area contributed by atoms with E-state index in [4.69, 9.17) is 9.47 Å². The first kappa shape index (κ1) is 24.7. The van der Waals surface area contributed by atoms with Crippen LogP contribution in [0.3, 0.4) is 0 Å². The van der Waals surface area contributed by atoms with Crippen molar-refractivity contribution >= 4 is 0 Å². The average Bonchev–Trinajstić information content (AvgIpc) is 2.82. The number of benzene rings is 2. The lowest BCUT2D eigenvalue weighted by atomic mass is 10.0. The number of rotatable bonds is 8. The van der Waals surface area contributed by atoms with Crippen molar-refractivity contribution in [2.45, 2.75) is 25.8 Å². The number of nitrogens with zero attached hydrogens (tertiary/aromatic N) is 3. The van der Waals surface area contributed by atoms with E-state index in [1.807, 2.05) is 0 Å². The van der Waals surface area contributed by atoms with Crippen LogP contribution < -0.4 is 15.0 Å². The van der Waals surface area contributed by atoms with Gasteiger partial charge in [-0.1, -0.05) is 12.1 Å². The van der Waals surface area contributed by atoms with Crippen molar-refractivity contribution in [1.82, 2.24) is 9.55 Å². The normalized spacial score (nSPS) is 11.4. The molecule has 3 rings (SSSR count). The third-order valence-electron chi connectivity index (χ3n) is 4.99. The molecule has 0 radical (unpaired) electrons. The molecule has 0 saturated carbocycles. The average molecular weight is 479 g/mol. The summed E-state index contributed by atoms with van der Waals surface area (Å²) in [6.45, 7) is -0.937. The molecule has 0 saturated heterocycles. The van der Waals surface area contributed by atoms with Crippen LogP contribution in [0.4, 0.5) is 22.0 Å². The standard InChI is InChI=1S/C23H18F5N3O3/c1-13-16(9-29)7-15(21(25)26)8-18(13)34-19-20(23(27,28)11-24)30-12-31(22(19)32)10-14-3-5-17(33-2)6-4-14/h3-8,12,21H,10-11H2,1-2H3. The zero-order valence-electron chi connectivity index (χ0n) is 18.0. The number of aromatic nitrogens is 2. The van der Waals surface area contributed by atoms with Crippen LogP contribution in [-0.4, -0.2) is 23.3 Å². The van der Waals surface area contributed by atoms with Crippen LogP contribution in [0.1, 0.15) is 34.4 Å². The van der Waals surface area contributed by atoms with Crippen LogP contribution >= 0.6 is 0 Å². The summed E-state index contributed by atoms with van der Waals surface area (Å²) in [5.41, 5.74) is -2.57. The highest BCUT2D eigenvalue weighted by molar-refractivity contribution is 5.51. The molecule has 0 amide bonds. The van der Waals surface area contributed by atoms with Gasteiger partial charge in [-0.15, -0.1) is 0 Å². The summed E-state index contributed by atoms with van der Waals surface area (Å²) in [5, 5.41) is 9.23. The topological polar surface area (TPSA) is 77.1 Å². The number of ether oxygens (including phenoxy) is 2. The summed E-state index contributed by atoms with van der Waals surface area (Å²) < 4.78 is 79.5. The molecule has 6 nitrogen and oxygen atoms in total. The molecule has 178 valence electrons. The van der Waals surface area contributed by atoms with Gasteiger partial charge in [0.1, 0.15) is 11.5 Å². The minimum absolute atomic E-state index is 0.0337. The van der Waals surface area contributed by atoms with Crippen molar-refractivity contribution in [3.05, 3.63) is 81.0 Å². The minimum Gasteiger partial charge on any atom is -0.497 e. The van der Waals surface area contributed by atoms with E-state index in [9.17, 15) is 32.0 Å². The fourth-order valence-corrected chi connectivity index (χ4v) is 3.09. The lowest BCUT2D eigenvalue weighted by molar-refractivity contribution is -0.0342. The second kappa shape index (κ2) is 9.91. The number of halogens is 5. The molecule has 2 aromatic carbocycles. The van der Waals surface area contributed by atoms with E-state index in [0.717, 1.165) is 23.0 Å². The van der Waals surface area contributed by atoms with Crippen molar-refractivity contribution in [3.63, 3.8) is 0 Å². The fourth-order valence-electron chi connectivity index (χ4n) is 3.09. The molecule has 0 spiro atoms. The molecular formula is C23H18F5N3O3. The van der Waals surface area contributed by atoms with E-state index in [2.05, 4.69) is 4.98 Å². The Morgan fingerprint density at radius 2 is 1.88 bits per heavy atom. The molecule has 0 fully saturated rings.